The number of fused-ring (bicyclic) bond motifs is 1. The molecule has 1 unspecified atom stereocenters. The van der Waals surface area contributed by atoms with Crippen LogP contribution < -0.4 is 5.73 Å². The summed E-state index contributed by atoms with van der Waals surface area (Å²) in [6.45, 7) is 6.61. The Morgan fingerprint density at radius 3 is 2.94 bits per heavy atom. The van der Waals surface area contributed by atoms with Gasteiger partial charge in [0.05, 0.1) is 5.69 Å². The van der Waals surface area contributed by atoms with E-state index in [1.54, 1.807) is 11.3 Å². The summed E-state index contributed by atoms with van der Waals surface area (Å²) in [6, 6.07) is 0.225. The molecule has 3 nitrogen and oxygen atoms in total. The summed E-state index contributed by atoms with van der Waals surface area (Å²) in [5.74, 6) is 1.79. The first kappa shape index (κ1) is 13.9. The molecule has 0 fully saturated rings. The Labute approximate surface area is 117 Å². The molecule has 0 saturated heterocycles. The highest BCUT2D eigenvalue weighted by Gasteiger charge is 2.16. The molecule has 0 spiro atoms. The van der Waals surface area contributed by atoms with Crippen LogP contribution in [0.2, 0.25) is 0 Å². The van der Waals surface area contributed by atoms with Crippen molar-refractivity contribution in [2.24, 2.45) is 11.7 Å². The van der Waals surface area contributed by atoms with Crippen LogP contribution in [0.1, 0.15) is 32.9 Å². The average Bonchev–Trinajstić information content (AvgIpc) is 2.89. The molecule has 2 heterocycles. The van der Waals surface area contributed by atoms with Crippen molar-refractivity contribution in [3.63, 3.8) is 0 Å². The van der Waals surface area contributed by atoms with Gasteiger partial charge in [-0.2, -0.15) is 0 Å². The van der Waals surface area contributed by atoms with Gasteiger partial charge in [-0.05, 0) is 12.3 Å². The first-order chi connectivity index (χ1) is 8.61. The average molecular weight is 283 g/mol. The third-order valence-electron chi connectivity index (χ3n) is 2.86. The van der Waals surface area contributed by atoms with E-state index in [0.717, 1.165) is 23.6 Å². The minimum atomic E-state index is 0.225. The minimum absolute atomic E-state index is 0.225. The number of nitrogens with two attached hydrogens (primary N) is 1. The van der Waals surface area contributed by atoms with Crippen molar-refractivity contribution in [1.29, 1.82) is 0 Å². The van der Waals surface area contributed by atoms with Gasteiger partial charge in [-0.25, -0.2) is 4.98 Å². The molecule has 0 saturated carbocycles. The number of aromatic nitrogens is 2. The Morgan fingerprint density at radius 1 is 1.50 bits per heavy atom. The monoisotopic (exact) mass is 283 g/mol. The van der Waals surface area contributed by atoms with Crippen molar-refractivity contribution in [3.8, 4) is 0 Å². The largest absolute Gasteiger partial charge is 0.327 e. The highest BCUT2D eigenvalue weighted by atomic mass is 32.2. The molecule has 2 aromatic heterocycles. The number of imidazole rings is 1. The summed E-state index contributed by atoms with van der Waals surface area (Å²) in [7, 11) is 0. The Bertz CT molecular complexity index is 501. The van der Waals surface area contributed by atoms with E-state index >= 15 is 0 Å². The topological polar surface area (TPSA) is 43.3 Å². The van der Waals surface area contributed by atoms with Crippen LogP contribution in [0.15, 0.2) is 16.6 Å². The molecular formula is C13H21N3S2. The molecule has 0 amide bonds. The Kier molecular flexibility index (Phi) is 4.70. The van der Waals surface area contributed by atoms with Crippen molar-refractivity contribution in [2.45, 2.75) is 44.7 Å². The first-order valence-corrected chi connectivity index (χ1v) is 8.31. The molecule has 0 bridgehead atoms. The Balaban J connectivity index is 2.26. The van der Waals surface area contributed by atoms with Gasteiger partial charge in [-0.15, -0.1) is 23.1 Å². The SMILES string of the molecule is CCC(N)Cc1c(SCC(C)C)nc2sccn12. The van der Waals surface area contributed by atoms with Gasteiger partial charge in [-0.1, -0.05) is 20.8 Å². The number of nitrogens with zero attached hydrogens (tertiary/aromatic N) is 2. The number of hydrogen-bond donors (Lipinski definition) is 1. The van der Waals surface area contributed by atoms with Crippen LogP contribution in [-0.4, -0.2) is 21.2 Å². The smallest absolute Gasteiger partial charge is 0.194 e. The van der Waals surface area contributed by atoms with Crippen molar-refractivity contribution in [3.05, 3.63) is 17.3 Å². The van der Waals surface area contributed by atoms with E-state index in [1.165, 1.54) is 10.7 Å². The van der Waals surface area contributed by atoms with Crippen molar-refractivity contribution >= 4 is 28.1 Å². The lowest BCUT2D eigenvalue weighted by molar-refractivity contribution is 0.627. The molecular weight excluding hydrogens is 262 g/mol. The van der Waals surface area contributed by atoms with Crippen LogP contribution in [0.3, 0.4) is 0 Å². The second kappa shape index (κ2) is 6.08. The van der Waals surface area contributed by atoms with Gasteiger partial charge in [0.15, 0.2) is 4.96 Å². The molecule has 1 atom stereocenters. The standard InChI is InChI=1S/C13H21N3S2/c1-4-10(14)7-11-12(18-8-9(2)3)15-13-16(11)5-6-17-13/h5-6,9-10H,4,7-8,14H2,1-3H3. The van der Waals surface area contributed by atoms with E-state index in [4.69, 9.17) is 10.7 Å². The lowest BCUT2D eigenvalue weighted by Gasteiger charge is -2.10. The zero-order chi connectivity index (χ0) is 13.1. The number of thioether (sulfide) groups is 1. The quantitative estimate of drug-likeness (QED) is 0.826. The maximum atomic E-state index is 6.10. The number of rotatable bonds is 6. The van der Waals surface area contributed by atoms with Gasteiger partial charge in [0.25, 0.3) is 0 Å². The summed E-state index contributed by atoms with van der Waals surface area (Å²) in [5.41, 5.74) is 7.39. The van der Waals surface area contributed by atoms with Gasteiger partial charge in [-0.3, -0.25) is 4.40 Å². The predicted octanol–water partition coefficient (Wildman–Crippen LogP) is 3.42. The van der Waals surface area contributed by atoms with Crippen molar-refractivity contribution < 1.29 is 0 Å². The van der Waals surface area contributed by atoms with Crippen LogP contribution in [0.5, 0.6) is 0 Å². The molecule has 0 aromatic carbocycles. The molecule has 18 heavy (non-hydrogen) atoms. The lowest BCUT2D eigenvalue weighted by atomic mass is 10.1. The van der Waals surface area contributed by atoms with Crippen molar-refractivity contribution in [2.75, 3.05) is 5.75 Å². The summed E-state index contributed by atoms with van der Waals surface area (Å²) < 4.78 is 2.20. The number of thiazole rings is 1. The highest BCUT2D eigenvalue weighted by Crippen LogP contribution is 2.28. The van der Waals surface area contributed by atoms with Gasteiger partial charge in [0.2, 0.25) is 0 Å². The molecule has 0 radical (unpaired) electrons. The zero-order valence-corrected chi connectivity index (χ0v) is 12.9. The molecule has 100 valence electrons. The fraction of sp³-hybridized carbons (Fsp3) is 0.615. The minimum Gasteiger partial charge on any atom is -0.327 e. The third-order valence-corrected chi connectivity index (χ3v) is 5.05. The van der Waals surface area contributed by atoms with Crippen LogP contribution >= 0.6 is 23.1 Å². The fourth-order valence-electron chi connectivity index (χ4n) is 1.75. The molecule has 0 aliphatic heterocycles. The van der Waals surface area contributed by atoms with Gasteiger partial charge in [0, 0.05) is 29.8 Å². The summed E-state index contributed by atoms with van der Waals surface area (Å²) in [4.78, 5) is 5.80. The second-order valence-electron chi connectivity index (χ2n) is 5.00. The lowest BCUT2D eigenvalue weighted by Crippen LogP contribution is -2.22. The van der Waals surface area contributed by atoms with Gasteiger partial charge < -0.3 is 5.73 Å². The van der Waals surface area contributed by atoms with Crippen LogP contribution in [0.25, 0.3) is 4.96 Å². The third kappa shape index (κ3) is 3.08. The van der Waals surface area contributed by atoms with E-state index in [-0.39, 0.29) is 6.04 Å². The molecule has 2 aromatic rings. The van der Waals surface area contributed by atoms with Gasteiger partial charge in [0.1, 0.15) is 5.03 Å². The molecule has 5 heteroatoms. The maximum absolute atomic E-state index is 6.10. The first-order valence-electron chi connectivity index (χ1n) is 6.44. The zero-order valence-electron chi connectivity index (χ0n) is 11.2. The Morgan fingerprint density at radius 2 is 2.28 bits per heavy atom. The van der Waals surface area contributed by atoms with E-state index < -0.39 is 0 Å². The van der Waals surface area contributed by atoms with Gasteiger partial charge >= 0.3 is 0 Å². The van der Waals surface area contributed by atoms with Crippen LogP contribution in [-0.2, 0) is 6.42 Å². The van der Waals surface area contributed by atoms with Crippen molar-refractivity contribution in [1.82, 2.24) is 9.38 Å². The summed E-state index contributed by atoms with van der Waals surface area (Å²) in [5, 5.41) is 3.25. The highest BCUT2D eigenvalue weighted by molar-refractivity contribution is 7.99. The molecule has 2 rings (SSSR count). The second-order valence-corrected chi connectivity index (χ2v) is 6.88. The Hall–Kier alpha value is -0.520. The molecule has 0 aliphatic carbocycles. The predicted molar refractivity (Wildman–Crippen MR) is 80.6 cm³/mol. The normalized spacial score (nSPS) is 13.6. The summed E-state index contributed by atoms with van der Waals surface area (Å²) in [6.07, 6.45) is 4.02. The van der Waals surface area contributed by atoms with Crippen LogP contribution in [0.4, 0.5) is 0 Å². The fourth-order valence-corrected chi connectivity index (χ4v) is 3.53. The molecule has 0 aliphatic rings. The maximum Gasteiger partial charge on any atom is 0.194 e. The van der Waals surface area contributed by atoms with E-state index in [1.807, 2.05) is 11.8 Å². The van der Waals surface area contributed by atoms with Crippen LogP contribution in [0, 0.1) is 5.92 Å². The van der Waals surface area contributed by atoms with E-state index in [2.05, 4.69) is 36.7 Å². The van der Waals surface area contributed by atoms with E-state index in [0.29, 0.717) is 5.92 Å². The van der Waals surface area contributed by atoms with E-state index in [9.17, 15) is 0 Å². The summed E-state index contributed by atoms with van der Waals surface area (Å²) >= 11 is 3.55. The molecule has 2 N–H and O–H groups in total. The number of hydrogen-bond acceptors (Lipinski definition) is 4.